The second kappa shape index (κ2) is 7.35. The zero-order valence-corrected chi connectivity index (χ0v) is 13.4. The molecule has 1 saturated carbocycles. The first kappa shape index (κ1) is 16.3. The van der Waals surface area contributed by atoms with Crippen LogP contribution in [-0.2, 0) is 4.79 Å². The minimum absolute atomic E-state index is 0.0650. The molecule has 6 nitrogen and oxygen atoms in total. The van der Waals surface area contributed by atoms with Crippen LogP contribution >= 0.6 is 0 Å². The lowest BCUT2D eigenvalue weighted by molar-refractivity contribution is -0.123. The lowest BCUT2D eigenvalue weighted by atomic mass is 9.93. The molecule has 0 spiro atoms. The molecule has 1 unspecified atom stereocenters. The van der Waals surface area contributed by atoms with E-state index in [1.54, 1.807) is 12.1 Å². The first-order chi connectivity index (χ1) is 11.7. The smallest absolute Gasteiger partial charge is 0.245 e. The highest BCUT2D eigenvalue weighted by Gasteiger charge is 2.30. The summed E-state index contributed by atoms with van der Waals surface area (Å²) >= 11 is 0. The Morgan fingerprint density at radius 2 is 1.83 bits per heavy atom. The van der Waals surface area contributed by atoms with Crippen molar-refractivity contribution in [3.63, 3.8) is 0 Å². The number of Topliss-reactive ketones (excluding diaryl/α,β-unsaturated/α-hetero) is 1. The summed E-state index contributed by atoms with van der Waals surface area (Å²) in [5, 5.41) is 12.2. The van der Waals surface area contributed by atoms with Gasteiger partial charge in [-0.1, -0.05) is 19.3 Å². The number of fused-ring (bicyclic) bond motifs is 1. The Labute approximate surface area is 140 Å². The third-order valence-electron chi connectivity index (χ3n) is 4.43. The second-order valence-electron chi connectivity index (χ2n) is 6.13. The fourth-order valence-electron chi connectivity index (χ4n) is 3.13. The predicted molar refractivity (Wildman–Crippen MR) is 85.9 cm³/mol. The van der Waals surface area contributed by atoms with Gasteiger partial charge in [0.25, 0.3) is 0 Å². The maximum atomic E-state index is 12.6. The van der Waals surface area contributed by atoms with Gasteiger partial charge in [0.2, 0.25) is 5.91 Å². The predicted octanol–water partition coefficient (Wildman–Crippen LogP) is 2.23. The number of nitrogens with zero attached hydrogens (tertiary/aromatic N) is 1. The Morgan fingerprint density at radius 3 is 2.54 bits per heavy atom. The summed E-state index contributed by atoms with van der Waals surface area (Å²) in [5.41, 5.74) is 0.282. The lowest BCUT2D eigenvalue weighted by Crippen LogP contribution is -2.42. The van der Waals surface area contributed by atoms with Crippen molar-refractivity contribution in [2.24, 2.45) is 5.92 Å². The molecule has 0 aromatic heterocycles. The molecule has 1 aliphatic heterocycles. The topological polar surface area (TPSA) is 88.4 Å². The highest BCUT2D eigenvalue weighted by atomic mass is 16.6. The molecule has 1 N–H and O–H groups in total. The largest absolute Gasteiger partial charge is 0.486 e. The minimum atomic E-state index is -1.34. The van der Waals surface area contributed by atoms with Crippen LogP contribution in [0.4, 0.5) is 0 Å². The summed E-state index contributed by atoms with van der Waals surface area (Å²) in [4.78, 5) is 24.9. The number of benzene rings is 1. The van der Waals surface area contributed by atoms with Gasteiger partial charge in [-0.3, -0.25) is 9.59 Å². The molecule has 1 atom stereocenters. The highest BCUT2D eigenvalue weighted by molar-refractivity contribution is 6.12. The molecule has 1 aliphatic carbocycles. The van der Waals surface area contributed by atoms with Gasteiger partial charge in [-0.15, -0.1) is 0 Å². The average molecular weight is 328 g/mol. The van der Waals surface area contributed by atoms with Crippen LogP contribution in [0.25, 0.3) is 0 Å². The number of nitrogens with one attached hydrogen (secondary N) is 1. The van der Waals surface area contributed by atoms with Crippen molar-refractivity contribution in [1.29, 1.82) is 5.26 Å². The van der Waals surface area contributed by atoms with E-state index in [1.807, 2.05) is 6.07 Å². The number of hydrogen-bond donors (Lipinski definition) is 1. The maximum Gasteiger partial charge on any atom is 0.245 e. The second-order valence-corrected chi connectivity index (χ2v) is 6.13. The van der Waals surface area contributed by atoms with E-state index in [0.29, 0.717) is 24.7 Å². The molecule has 3 rings (SSSR count). The fourth-order valence-corrected chi connectivity index (χ4v) is 3.13. The normalized spacial score (nSPS) is 18.3. The van der Waals surface area contributed by atoms with E-state index >= 15 is 0 Å². The number of carbonyl (C=O) groups excluding carboxylic acids is 2. The number of hydrogen-bond acceptors (Lipinski definition) is 5. The summed E-state index contributed by atoms with van der Waals surface area (Å²) in [6, 6.07) is 6.64. The zero-order valence-electron chi connectivity index (χ0n) is 13.4. The standard InChI is InChI=1S/C18H20N2O4/c19-11-14(18(22)20-13-4-2-1-3-5-13)17(21)12-6-7-15-16(10-12)24-9-8-23-15/h6-7,10,13-14H,1-5,8-9H2,(H,20,22). The van der Waals surface area contributed by atoms with Gasteiger partial charge in [0.05, 0.1) is 6.07 Å². The van der Waals surface area contributed by atoms with Crippen molar-refractivity contribution in [1.82, 2.24) is 5.32 Å². The molecule has 6 heteroatoms. The van der Waals surface area contributed by atoms with Gasteiger partial charge < -0.3 is 14.8 Å². The van der Waals surface area contributed by atoms with Gasteiger partial charge in [-0.05, 0) is 31.0 Å². The summed E-state index contributed by atoms with van der Waals surface area (Å²) in [5.74, 6) is -1.32. The van der Waals surface area contributed by atoms with Gasteiger partial charge in [0.1, 0.15) is 13.2 Å². The van der Waals surface area contributed by atoms with Crippen molar-refractivity contribution < 1.29 is 19.1 Å². The Morgan fingerprint density at radius 1 is 1.12 bits per heavy atom. The molecule has 126 valence electrons. The Hall–Kier alpha value is -2.55. The molecule has 1 aromatic rings. The van der Waals surface area contributed by atoms with Gasteiger partial charge >= 0.3 is 0 Å². The molecular weight excluding hydrogens is 308 g/mol. The third-order valence-corrected chi connectivity index (χ3v) is 4.43. The molecule has 0 saturated heterocycles. The Kier molecular flexibility index (Phi) is 4.99. The Bertz CT molecular complexity index is 674. The number of nitriles is 1. The molecule has 1 amide bonds. The molecule has 1 aromatic carbocycles. The van der Waals surface area contributed by atoms with Gasteiger partial charge in [-0.25, -0.2) is 0 Å². The van der Waals surface area contributed by atoms with Gasteiger partial charge in [0, 0.05) is 11.6 Å². The number of carbonyl (C=O) groups is 2. The molecule has 2 aliphatic rings. The molecule has 24 heavy (non-hydrogen) atoms. The van der Waals surface area contributed by atoms with Gasteiger partial charge in [-0.2, -0.15) is 5.26 Å². The van der Waals surface area contributed by atoms with Crippen LogP contribution in [-0.4, -0.2) is 30.9 Å². The van der Waals surface area contributed by atoms with Crippen molar-refractivity contribution in [2.75, 3.05) is 13.2 Å². The van der Waals surface area contributed by atoms with Crippen molar-refractivity contribution in [2.45, 2.75) is 38.1 Å². The minimum Gasteiger partial charge on any atom is -0.486 e. The SMILES string of the molecule is N#CC(C(=O)NC1CCCCC1)C(=O)c1ccc2c(c1)OCCO2. The molecular formula is C18H20N2O4. The van der Waals surface area contributed by atoms with E-state index in [9.17, 15) is 14.9 Å². The van der Waals surface area contributed by atoms with Crippen molar-refractivity contribution >= 4 is 11.7 Å². The summed E-state index contributed by atoms with van der Waals surface area (Å²) in [6.07, 6.45) is 5.12. The first-order valence-corrected chi connectivity index (χ1v) is 8.33. The van der Waals surface area contributed by atoms with E-state index in [-0.39, 0.29) is 11.6 Å². The number of rotatable bonds is 4. The maximum absolute atomic E-state index is 12.6. The van der Waals surface area contributed by atoms with E-state index in [4.69, 9.17) is 9.47 Å². The van der Waals surface area contributed by atoms with E-state index in [2.05, 4.69) is 5.32 Å². The molecule has 1 heterocycles. The quantitative estimate of drug-likeness (QED) is 0.676. The van der Waals surface area contributed by atoms with E-state index in [1.165, 1.54) is 12.5 Å². The molecule has 0 radical (unpaired) electrons. The van der Waals surface area contributed by atoms with Crippen molar-refractivity contribution in [3.8, 4) is 17.6 Å². The van der Waals surface area contributed by atoms with Crippen LogP contribution in [0, 0.1) is 17.2 Å². The van der Waals surface area contributed by atoms with E-state index in [0.717, 1.165) is 25.7 Å². The van der Waals surface area contributed by atoms with Crippen LogP contribution in [0.15, 0.2) is 18.2 Å². The van der Waals surface area contributed by atoms with Gasteiger partial charge in [0.15, 0.2) is 23.2 Å². The number of ketones is 1. The number of ether oxygens (including phenoxy) is 2. The summed E-state index contributed by atoms with van der Waals surface area (Å²) in [7, 11) is 0. The fraction of sp³-hybridized carbons (Fsp3) is 0.500. The molecule has 0 bridgehead atoms. The highest BCUT2D eigenvalue weighted by Crippen LogP contribution is 2.31. The van der Waals surface area contributed by atoms with Crippen LogP contribution in [0.5, 0.6) is 11.5 Å². The van der Waals surface area contributed by atoms with Crippen LogP contribution < -0.4 is 14.8 Å². The van der Waals surface area contributed by atoms with Crippen LogP contribution in [0.2, 0.25) is 0 Å². The Balaban J connectivity index is 1.71. The van der Waals surface area contributed by atoms with Crippen LogP contribution in [0.3, 0.4) is 0 Å². The lowest BCUT2D eigenvalue weighted by Gasteiger charge is -2.23. The monoisotopic (exact) mass is 328 g/mol. The van der Waals surface area contributed by atoms with Crippen molar-refractivity contribution in [3.05, 3.63) is 23.8 Å². The van der Waals surface area contributed by atoms with E-state index < -0.39 is 17.6 Å². The number of amides is 1. The van der Waals surface area contributed by atoms with Crippen LogP contribution in [0.1, 0.15) is 42.5 Å². The summed E-state index contributed by atoms with van der Waals surface area (Å²) < 4.78 is 10.9. The average Bonchev–Trinajstić information content (AvgIpc) is 2.62. The third kappa shape index (κ3) is 3.51. The zero-order chi connectivity index (χ0) is 16.9. The summed E-state index contributed by atoms with van der Waals surface area (Å²) in [6.45, 7) is 0.874. The first-order valence-electron chi connectivity index (χ1n) is 8.33. The molecule has 1 fully saturated rings.